The Morgan fingerprint density at radius 1 is 1.40 bits per heavy atom. The predicted molar refractivity (Wildman–Crippen MR) is 75.4 cm³/mol. The molecular weight excluding hydrogens is 261 g/mol. The first kappa shape index (κ1) is 16.4. The maximum atomic E-state index is 12.7. The zero-order valence-corrected chi connectivity index (χ0v) is 12.1. The first-order chi connectivity index (χ1) is 9.33. The SMILES string of the molecule is CC(C)NC(C)(CCCOc1ccc(F)cc1)C(=O)O. The Hall–Kier alpha value is -1.62. The van der Waals surface area contributed by atoms with E-state index < -0.39 is 11.5 Å². The number of benzene rings is 1. The average Bonchev–Trinajstić information content (AvgIpc) is 2.36. The van der Waals surface area contributed by atoms with Crippen LogP contribution in [0.3, 0.4) is 0 Å². The lowest BCUT2D eigenvalue weighted by Gasteiger charge is -2.28. The molecule has 0 saturated heterocycles. The van der Waals surface area contributed by atoms with Gasteiger partial charge in [-0.2, -0.15) is 0 Å². The number of carboxylic acids is 1. The molecular formula is C15H22FNO3. The second-order valence-electron chi connectivity index (χ2n) is 5.34. The van der Waals surface area contributed by atoms with E-state index in [4.69, 9.17) is 4.74 Å². The predicted octanol–water partition coefficient (Wildman–Crippen LogP) is 2.83. The van der Waals surface area contributed by atoms with Gasteiger partial charge in [-0.25, -0.2) is 4.39 Å². The van der Waals surface area contributed by atoms with E-state index in [1.165, 1.54) is 12.1 Å². The van der Waals surface area contributed by atoms with Gasteiger partial charge >= 0.3 is 5.97 Å². The number of hydrogen-bond acceptors (Lipinski definition) is 3. The molecule has 1 aromatic rings. The van der Waals surface area contributed by atoms with Crippen LogP contribution >= 0.6 is 0 Å². The van der Waals surface area contributed by atoms with Crippen molar-refractivity contribution in [2.75, 3.05) is 6.61 Å². The highest BCUT2D eigenvalue weighted by atomic mass is 19.1. The molecule has 0 aromatic heterocycles. The molecule has 0 saturated carbocycles. The maximum absolute atomic E-state index is 12.7. The summed E-state index contributed by atoms with van der Waals surface area (Å²) in [6.07, 6.45) is 1.06. The minimum atomic E-state index is -0.958. The number of carbonyl (C=O) groups is 1. The van der Waals surface area contributed by atoms with Crippen molar-refractivity contribution in [3.8, 4) is 5.75 Å². The first-order valence-corrected chi connectivity index (χ1v) is 6.73. The Morgan fingerprint density at radius 3 is 2.50 bits per heavy atom. The fourth-order valence-corrected chi connectivity index (χ4v) is 2.02. The molecule has 1 rings (SSSR count). The van der Waals surface area contributed by atoms with Crippen molar-refractivity contribution in [3.05, 3.63) is 30.1 Å². The van der Waals surface area contributed by atoms with Gasteiger partial charge in [-0.3, -0.25) is 10.1 Å². The Balaban J connectivity index is 2.41. The molecule has 0 fully saturated rings. The Kier molecular flexibility index (Phi) is 5.95. The summed E-state index contributed by atoms with van der Waals surface area (Å²) in [5.74, 6) is -0.592. The number of aliphatic carboxylic acids is 1. The zero-order valence-electron chi connectivity index (χ0n) is 12.1. The fraction of sp³-hybridized carbons (Fsp3) is 0.533. The van der Waals surface area contributed by atoms with Crippen molar-refractivity contribution in [2.24, 2.45) is 0 Å². The lowest BCUT2D eigenvalue weighted by molar-refractivity contribution is -0.144. The summed E-state index contributed by atoms with van der Waals surface area (Å²) in [4.78, 5) is 11.3. The molecule has 0 aliphatic carbocycles. The number of nitrogens with one attached hydrogen (secondary N) is 1. The lowest BCUT2D eigenvalue weighted by atomic mass is 9.95. The molecule has 5 heteroatoms. The third-order valence-electron chi connectivity index (χ3n) is 2.98. The third-order valence-corrected chi connectivity index (χ3v) is 2.98. The van der Waals surface area contributed by atoms with Crippen LogP contribution in [-0.2, 0) is 4.79 Å². The van der Waals surface area contributed by atoms with Crippen molar-refractivity contribution < 1.29 is 19.0 Å². The van der Waals surface area contributed by atoms with Crippen molar-refractivity contribution in [3.63, 3.8) is 0 Å². The van der Waals surface area contributed by atoms with Crippen molar-refractivity contribution in [1.29, 1.82) is 0 Å². The van der Waals surface area contributed by atoms with Gasteiger partial charge in [0.25, 0.3) is 0 Å². The maximum Gasteiger partial charge on any atom is 0.323 e. The average molecular weight is 283 g/mol. The van der Waals surface area contributed by atoms with Gasteiger partial charge in [-0.05, 0) is 57.9 Å². The van der Waals surface area contributed by atoms with Gasteiger partial charge in [0.05, 0.1) is 6.61 Å². The van der Waals surface area contributed by atoms with Crippen LogP contribution in [0.2, 0.25) is 0 Å². The van der Waals surface area contributed by atoms with Crippen LogP contribution in [-0.4, -0.2) is 29.3 Å². The minimum Gasteiger partial charge on any atom is -0.494 e. The van der Waals surface area contributed by atoms with Gasteiger partial charge in [0.2, 0.25) is 0 Å². The number of carboxylic acid groups (broad SMARTS) is 1. The van der Waals surface area contributed by atoms with Crippen molar-refractivity contribution in [2.45, 2.75) is 45.2 Å². The summed E-state index contributed by atoms with van der Waals surface area (Å²) < 4.78 is 18.2. The van der Waals surface area contributed by atoms with Crippen LogP contribution in [0.1, 0.15) is 33.6 Å². The first-order valence-electron chi connectivity index (χ1n) is 6.73. The summed E-state index contributed by atoms with van der Waals surface area (Å²) in [7, 11) is 0. The molecule has 0 heterocycles. The van der Waals surface area contributed by atoms with Gasteiger partial charge < -0.3 is 9.84 Å². The molecule has 0 bridgehead atoms. The van der Waals surface area contributed by atoms with E-state index in [0.717, 1.165) is 0 Å². The van der Waals surface area contributed by atoms with E-state index >= 15 is 0 Å². The van der Waals surface area contributed by atoms with E-state index in [1.807, 2.05) is 13.8 Å². The third kappa shape index (κ3) is 5.17. The molecule has 4 nitrogen and oxygen atoms in total. The van der Waals surface area contributed by atoms with E-state index in [-0.39, 0.29) is 11.9 Å². The Labute approximate surface area is 119 Å². The van der Waals surface area contributed by atoms with Gasteiger partial charge in [-0.1, -0.05) is 0 Å². The Morgan fingerprint density at radius 2 is 2.00 bits per heavy atom. The number of rotatable bonds is 8. The van der Waals surface area contributed by atoms with Gasteiger partial charge in [0.1, 0.15) is 17.1 Å². The molecule has 0 spiro atoms. The van der Waals surface area contributed by atoms with E-state index in [0.29, 0.717) is 25.2 Å². The van der Waals surface area contributed by atoms with Gasteiger partial charge in [0.15, 0.2) is 0 Å². The number of halogens is 1. The van der Waals surface area contributed by atoms with Gasteiger partial charge in [-0.15, -0.1) is 0 Å². The second kappa shape index (κ2) is 7.24. The quantitative estimate of drug-likeness (QED) is 0.720. The normalized spacial score (nSPS) is 14.1. The van der Waals surface area contributed by atoms with Crippen LogP contribution in [0.4, 0.5) is 4.39 Å². The van der Waals surface area contributed by atoms with E-state index in [2.05, 4.69) is 5.32 Å². The molecule has 20 heavy (non-hydrogen) atoms. The largest absolute Gasteiger partial charge is 0.494 e. The standard InChI is InChI=1S/C15H22FNO3/c1-11(2)17-15(3,14(18)19)9-4-10-20-13-7-5-12(16)6-8-13/h5-8,11,17H,4,9-10H2,1-3H3,(H,18,19). The van der Waals surface area contributed by atoms with Crippen molar-refractivity contribution in [1.82, 2.24) is 5.32 Å². The van der Waals surface area contributed by atoms with E-state index in [9.17, 15) is 14.3 Å². The van der Waals surface area contributed by atoms with Crippen LogP contribution in [0.25, 0.3) is 0 Å². The molecule has 1 aromatic carbocycles. The second-order valence-corrected chi connectivity index (χ2v) is 5.34. The molecule has 0 aliphatic rings. The van der Waals surface area contributed by atoms with Crippen LogP contribution in [0, 0.1) is 5.82 Å². The molecule has 2 N–H and O–H groups in total. The summed E-state index contributed by atoms with van der Waals surface area (Å²) in [5.41, 5.74) is -0.958. The van der Waals surface area contributed by atoms with Gasteiger partial charge in [0, 0.05) is 6.04 Å². The molecule has 0 aliphatic heterocycles. The highest BCUT2D eigenvalue weighted by Crippen LogP contribution is 2.16. The molecule has 1 atom stereocenters. The fourth-order valence-electron chi connectivity index (χ4n) is 2.02. The van der Waals surface area contributed by atoms with Crippen LogP contribution in [0.5, 0.6) is 5.75 Å². The molecule has 1 unspecified atom stereocenters. The smallest absolute Gasteiger partial charge is 0.323 e. The number of ether oxygens (including phenoxy) is 1. The zero-order chi connectivity index (χ0) is 15.2. The molecule has 0 radical (unpaired) electrons. The summed E-state index contributed by atoms with van der Waals surface area (Å²) in [6, 6.07) is 5.86. The molecule has 0 amide bonds. The summed E-state index contributed by atoms with van der Waals surface area (Å²) >= 11 is 0. The van der Waals surface area contributed by atoms with Crippen LogP contribution < -0.4 is 10.1 Å². The molecule has 112 valence electrons. The number of hydrogen-bond donors (Lipinski definition) is 2. The summed E-state index contributed by atoms with van der Waals surface area (Å²) in [6.45, 7) is 5.90. The lowest BCUT2D eigenvalue weighted by Crippen LogP contribution is -2.52. The topological polar surface area (TPSA) is 58.6 Å². The highest BCUT2D eigenvalue weighted by molar-refractivity contribution is 5.78. The monoisotopic (exact) mass is 283 g/mol. The van der Waals surface area contributed by atoms with Crippen LogP contribution in [0.15, 0.2) is 24.3 Å². The summed E-state index contributed by atoms with van der Waals surface area (Å²) in [5, 5.41) is 12.3. The Bertz CT molecular complexity index is 433. The minimum absolute atomic E-state index is 0.0918. The highest BCUT2D eigenvalue weighted by Gasteiger charge is 2.32. The van der Waals surface area contributed by atoms with Crippen molar-refractivity contribution >= 4 is 5.97 Å². The van der Waals surface area contributed by atoms with E-state index in [1.54, 1.807) is 19.1 Å².